The van der Waals surface area contributed by atoms with Crippen LogP contribution in [0.3, 0.4) is 0 Å². The molecule has 0 radical (unpaired) electrons. The van der Waals surface area contributed by atoms with Crippen LogP contribution < -0.4 is 5.32 Å². The van der Waals surface area contributed by atoms with Crippen LogP contribution in [0.15, 0.2) is 10.3 Å². The van der Waals surface area contributed by atoms with Crippen molar-refractivity contribution < 1.29 is 8.42 Å². The lowest BCUT2D eigenvalue weighted by molar-refractivity contribution is 0.380. The number of nitrogens with one attached hydrogen (secondary N) is 1. The SMILES string of the molecule is CCCNCc1scc(C)c1S(=O)(=O)N(CC)CC(C)C. The normalized spacial score (nSPS) is 12.5. The molecule has 0 aliphatic rings. The summed E-state index contributed by atoms with van der Waals surface area (Å²) >= 11 is 1.53. The molecular formula is C15H28N2O2S2. The van der Waals surface area contributed by atoms with E-state index in [1.165, 1.54) is 11.3 Å². The molecule has 1 aromatic rings. The van der Waals surface area contributed by atoms with E-state index < -0.39 is 10.0 Å². The minimum Gasteiger partial charge on any atom is -0.312 e. The standard InChI is InChI=1S/C15H28N2O2S2/c1-6-8-16-9-14-15(13(5)11-20-14)21(18,19)17(7-2)10-12(3)4/h11-12,16H,6-10H2,1-5H3. The van der Waals surface area contributed by atoms with E-state index in [2.05, 4.69) is 12.2 Å². The summed E-state index contributed by atoms with van der Waals surface area (Å²) in [5.41, 5.74) is 0.857. The summed E-state index contributed by atoms with van der Waals surface area (Å²) in [7, 11) is -3.40. The van der Waals surface area contributed by atoms with Gasteiger partial charge in [-0.15, -0.1) is 11.3 Å². The Kier molecular flexibility index (Phi) is 7.33. The minimum absolute atomic E-state index is 0.320. The van der Waals surface area contributed by atoms with Crippen molar-refractivity contribution in [1.82, 2.24) is 9.62 Å². The molecule has 0 atom stereocenters. The highest BCUT2D eigenvalue weighted by Gasteiger charge is 2.29. The molecule has 1 N–H and O–H groups in total. The van der Waals surface area contributed by atoms with Gasteiger partial charge in [0, 0.05) is 24.5 Å². The smallest absolute Gasteiger partial charge is 0.244 e. The third-order valence-corrected chi connectivity index (χ3v) is 6.63. The molecule has 0 bridgehead atoms. The van der Waals surface area contributed by atoms with E-state index in [4.69, 9.17) is 0 Å². The molecular weight excluding hydrogens is 304 g/mol. The van der Waals surface area contributed by atoms with Crippen LogP contribution in [0.2, 0.25) is 0 Å². The molecule has 0 saturated carbocycles. The maximum Gasteiger partial charge on any atom is 0.244 e. The van der Waals surface area contributed by atoms with Crippen LogP contribution in [0.25, 0.3) is 0 Å². The molecule has 122 valence electrons. The summed E-state index contributed by atoms with van der Waals surface area (Å²) in [6, 6.07) is 0. The number of thiophene rings is 1. The molecule has 0 unspecified atom stereocenters. The maximum absolute atomic E-state index is 12.9. The molecule has 21 heavy (non-hydrogen) atoms. The van der Waals surface area contributed by atoms with E-state index in [9.17, 15) is 8.42 Å². The summed E-state index contributed by atoms with van der Waals surface area (Å²) in [5.74, 6) is 0.320. The van der Waals surface area contributed by atoms with Gasteiger partial charge in [0.05, 0.1) is 0 Å². The van der Waals surface area contributed by atoms with Crippen molar-refractivity contribution in [2.45, 2.75) is 52.5 Å². The van der Waals surface area contributed by atoms with Crippen molar-refractivity contribution in [3.63, 3.8) is 0 Å². The molecule has 0 amide bonds. The van der Waals surface area contributed by atoms with E-state index in [0.717, 1.165) is 23.4 Å². The number of sulfonamides is 1. The minimum atomic E-state index is -3.40. The Morgan fingerprint density at radius 1 is 1.33 bits per heavy atom. The molecule has 1 heterocycles. The highest BCUT2D eigenvalue weighted by atomic mass is 32.2. The van der Waals surface area contributed by atoms with Gasteiger partial charge in [-0.05, 0) is 36.8 Å². The molecule has 0 saturated heterocycles. The second-order valence-electron chi connectivity index (χ2n) is 5.70. The lowest BCUT2D eigenvalue weighted by Gasteiger charge is -2.23. The molecule has 0 aliphatic carbocycles. The zero-order valence-corrected chi connectivity index (χ0v) is 15.4. The Balaban J connectivity index is 3.08. The third kappa shape index (κ3) is 4.77. The second-order valence-corrected chi connectivity index (χ2v) is 8.54. The van der Waals surface area contributed by atoms with Crippen molar-refractivity contribution in [1.29, 1.82) is 0 Å². The largest absolute Gasteiger partial charge is 0.312 e. The van der Waals surface area contributed by atoms with Crippen molar-refractivity contribution in [2.75, 3.05) is 19.6 Å². The lowest BCUT2D eigenvalue weighted by Crippen LogP contribution is -2.34. The fourth-order valence-electron chi connectivity index (χ4n) is 2.27. The topological polar surface area (TPSA) is 49.4 Å². The fraction of sp³-hybridized carbons (Fsp3) is 0.733. The van der Waals surface area contributed by atoms with E-state index in [-0.39, 0.29) is 0 Å². The first-order valence-corrected chi connectivity index (χ1v) is 9.94. The molecule has 0 aliphatic heterocycles. The Hall–Kier alpha value is -0.430. The average molecular weight is 333 g/mol. The lowest BCUT2D eigenvalue weighted by atomic mass is 10.2. The van der Waals surface area contributed by atoms with E-state index in [0.29, 0.717) is 30.4 Å². The van der Waals surface area contributed by atoms with Crippen LogP contribution in [-0.4, -0.2) is 32.4 Å². The van der Waals surface area contributed by atoms with Gasteiger partial charge in [-0.3, -0.25) is 0 Å². The van der Waals surface area contributed by atoms with Gasteiger partial charge in [0.2, 0.25) is 10.0 Å². The summed E-state index contributed by atoms with van der Waals surface area (Å²) in [6.07, 6.45) is 1.04. The first-order chi connectivity index (χ1) is 9.84. The van der Waals surface area contributed by atoms with E-state index in [1.54, 1.807) is 4.31 Å². The van der Waals surface area contributed by atoms with E-state index >= 15 is 0 Å². The molecule has 1 rings (SSSR count). The number of hydrogen-bond donors (Lipinski definition) is 1. The van der Waals surface area contributed by atoms with Crippen molar-refractivity contribution >= 4 is 21.4 Å². The van der Waals surface area contributed by atoms with E-state index in [1.807, 2.05) is 33.1 Å². The first kappa shape index (κ1) is 18.6. The average Bonchev–Trinajstić information content (AvgIpc) is 2.77. The molecule has 0 aromatic carbocycles. The number of aryl methyl sites for hydroxylation is 1. The number of nitrogens with zero attached hydrogens (tertiary/aromatic N) is 1. The predicted molar refractivity (Wildman–Crippen MR) is 90.3 cm³/mol. The first-order valence-electron chi connectivity index (χ1n) is 7.62. The summed E-state index contributed by atoms with van der Waals surface area (Å²) in [6.45, 7) is 12.6. The zero-order valence-electron chi connectivity index (χ0n) is 13.8. The van der Waals surface area contributed by atoms with Gasteiger partial charge in [-0.25, -0.2) is 8.42 Å². The van der Waals surface area contributed by atoms with Crippen LogP contribution in [0.5, 0.6) is 0 Å². The number of rotatable bonds is 9. The monoisotopic (exact) mass is 332 g/mol. The van der Waals surface area contributed by atoms with Crippen LogP contribution in [-0.2, 0) is 16.6 Å². The number of hydrogen-bond acceptors (Lipinski definition) is 4. The Labute approximate surface area is 133 Å². The Bertz CT molecular complexity index is 536. The van der Waals surface area contributed by atoms with Gasteiger partial charge in [-0.1, -0.05) is 27.7 Å². The van der Waals surface area contributed by atoms with Crippen LogP contribution in [0.1, 0.15) is 44.6 Å². The van der Waals surface area contributed by atoms with Crippen molar-refractivity contribution in [3.05, 3.63) is 15.8 Å². The summed E-state index contributed by atoms with van der Waals surface area (Å²) in [5, 5.41) is 5.25. The van der Waals surface area contributed by atoms with Crippen molar-refractivity contribution in [2.24, 2.45) is 5.92 Å². The summed E-state index contributed by atoms with van der Waals surface area (Å²) in [4.78, 5) is 1.43. The fourth-order valence-corrected chi connectivity index (χ4v) is 5.61. The van der Waals surface area contributed by atoms with Crippen LogP contribution in [0.4, 0.5) is 0 Å². The quantitative estimate of drug-likeness (QED) is 0.706. The van der Waals surface area contributed by atoms with Gasteiger partial charge < -0.3 is 5.32 Å². The second kappa shape index (κ2) is 8.27. The maximum atomic E-state index is 12.9. The zero-order chi connectivity index (χ0) is 16.0. The molecule has 1 aromatic heterocycles. The van der Waals surface area contributed by atoms with Crippen molar-refractivity contribution in [3.8, 4) is 0 Å². The summed E-state index contributed by atoms with van der Waals surface area (Å²) < 4.78 is 27.5. The van der Waals surface area contributed by atoms with Crippen LogP contribution in [0, 0.1) is 12.8 Å². The van der Waals surface area contributed by atoms with Gasteiger partial charge in [-0.2, -0.15) is 4.31 Å². The van der Waals surface area contributed by atoms with Gasteiger partial charge in [0.1, 0.15) is 4.90 Å². The molecule has 0 fully saturated rings. The highest BCUT2D eigenvalue weighted by Crippen LogP contribution is 2.29. The highest BCUT2D eigenvalue weighted by molar-refractivity contribution is 7.89. The predicted octanol–water partition coefficient (Wildman–Crippen LogP) is 3.22. The van der Waals surface area contributed by atoms with Crippen LogP contribution >= 0.6 is 11.3 Å². The van der Waals surface area contributed by atoms with Gasteiger partial charge >= 0.3 is 0 Å². The molecule has 0 spiro atoms. The Morgan fingerprint density at radius 3 is 2.52 bits per heavy atom. The van der Waals surface area contributed by atoms with Gasteiger partial charge in [0.15, 0.2) is 0 Å². The molecule has 4 nitrogen and oxygen atoms in total. The van der Waals surface area contributed by atoms with Gasteiger partial charge in [0.25, 0.3) is 0 Å². The molecule has 6 heteroatoms. The Morgan fingerprint density at radius 2 is 2.00 bits per heavy atom. The third-order valence-electron chi connectivity index (χ3n) is 3.22.